The molecule has 0 saturated heterocycles. The molecule has 0 saturated carbocycles. The van der Waals surface area contributed by atoms with Crippen LogP contribution in [0.2, 0.25) is 0 Å². The monoisotopic (exact) mass is 306 g/mol. The van der Waals surface area contributed by atoms with Gasteiger partial charge in [-0.05, 0) is 38.6 Å². The summed E-state index contributed by atoms with van der Waals surface area (Å²) in [5.41, 5.74) is 3.99. The van der Waals surface area contributed by atoms with Crippen molar-refractivity contribution in [3.8, 4) is 0 Å². The molecule has 1 aromatic heterocycles. The van der Waals surface area contributed by atoms with Gasteiger partial charge in [-0.1, -0.05) is 13.0 Å². The lowest BCUT2D eigenvalue weighted by Gasteiger charge is -2.42. The summed E-state index contributed by atoms with van der Waals surface area (Å²) < 4.78 is 5.19. The van der Waals surface area contributed by atoms with Gasteiger partial charge in [-0.25, -0.2) is 9.78 Å². The number of nitrogens with zero attached hydrogens (tertiary/aromatic N) is 2. The minimum Gasteiger partial charge on any atom is -0.463 e. The largest absolute Gasteiger partial charge is 0.463 e. The third-order valence-electron chi connectivity index (χ3n) is 4.35. The topological polar surface area (TPSA) is 42.4 Å². The Bertz CT molecular complexity index is 552. The van der Waals surface area contributed by atoms with E-state index in [9.17, 15) is 4.79 Å². The maximum atomic E-state index is 12.1. The van der Waals surface area contributed by atoms with Crippen LogP contribution < -0.4 is 0 Å². The van der Waals surface area contributed by atoms with Gasteiger partial charge in [-0.15, -0.1) is 11.3 Å². The van der Waals surface area contributed by atoms with E-state index in [2.05, 4.69) is 22.9 Å². The van der Waals surface area contributed by atoms with E-state index in [1.165, 1.54) is 10.6 Å². The maximum absolute atomic E-state index is 12.1. The normalized spacial score (nSPS) is 25.0. The van der Waals surface area contributed by atoms with Gasteiger partial charge in [0.1, 0.15) is 0 Å². The van der Waals surface area contributed by atoms with Crippen molar-refractivity contribution in [2.24, 2.45) is 5.92 Å². The van der Waals surface area contributed by atoms with Crippen LogP contribution in [0.15, 0.2) is 17.2 Å². The number of carbonyl (C=O) groups excluding carboxylic acids is 1. The van der Waals surface area contributed by atoms with Crippen LogP contribution in [0.3, 0.4) is 0 Å². The van der Waals surface area contributed by atoms with Gasteiger partial charge >= 0.3 is 5.97 Å². The summed E-state index contributed by atoms with van der Waals surface area (Å²) in [7, 11) is 0. The van der Waals surface area contributed by atoms with Crippen LogP contribution in [-0.2, 0) is 22.4 Å². The fourth-order valence-corrected chi connectivity index (χ4v) is 4.28. The SMILES string of the molecule is CCCN1CC(C(=O)OCC)=CC2Cc3ncsc3CC21. The summed E-state index contributed by atoms with van der Waals surface area (Å²) in [5.74, 6) is 0.237. The van der Waals surface area contributed by atoms with Crippen molar-refractivity contribution in [1.82, 2.24) is 9.88 Å². The zero-order valence-electron chi connectivity index (χ0n) is 12.7. The lowest BCUT2D eigenvalue weighted by molar-refractivity contribution is -0.139. The smallest absolute Gasteiger partial charge is 0.335 e. The summed E-state index contributed by atoms with van der Waals surface area (Å²) in [5, 5.41) is 0. The van der Waals surface area contributed by atoms with Crippen LogP contribution in [0, 0.1) is 5.92 Å². The molecule has 21 heavy (non-hydrogen) atoms. The molecule has 1 aliphatic heterocycles. The molecule has 0 bridgehead atoms. The number of hydrogen-bond acceptors (Lipinski definition) is 5. The number of hydrogen-bond donors (Lipinski definition) is 0. The molecule has 0 aromatic carbocycles. The first kappa shape index (κ1) is 14.7. The molecule has 2 heterocycles. The van der Waals surface area contributed by atoms with E-state index in [4.69, 9.17) is 4.74 Å². The molecule has 0 amide bonds. The zero-order valence-corrected chi connectivity index (χ0v) is 13.5. The Labute approximate surface area is 129 Å². The molecular weight excluding hydrogens is 284 g/mol. The fourth-order valence-electron chi connectivity index (χ4n) is 3.43. The van der Waals surface area contributed by atoms with Crippen LogP contribution in [-0.4, -0.2) is 41.6 Å². The first-order chi connectivity index (χ1) is 10.2. The summed E-state index contributed by atoms with van der Waals surface area (Å²) in [4.78, 5) is 20.4. The molecule has 2 unspecified atom stereocenters. The van der Waals surface area contributed by atoms with Crippen molar-refractivity contribution in [2.45, 2.75) is 39.2 Å². The summed E-state index contributed by atoms with van der Waals surface area (Å²) in [6.45, 7) is 6.25. The van der Waals surface area contributed by atoms with Crippen molar-refractivity contribution in [2.75, 3.05) is 19.7 Å². The van der Waals surface area contributed by atoms with Crippen molar-refractivity contribution in [1.29, 1.82) is 0 Å². The average Bonchev–Trinajstić information content (AvgIpc) is 2.92. The number of esters is 1. The Kier molecular flexibility index (Phi) is 4.40. The Hall–Kier alpha value is -1.20. The van der Waals surface area contributed by atoms with E-state index in [1.807, 2.05) is 12.4 Å². The highest BCUT2D eigenvalue weighted by Crippen LogP contribution is 2.35. The summed E-state index contributed by atoms with van der Waals surface area (Å²) in [6, 6.07) is 0.510. The number of carbonyl (C=O) groups is 1. The molecule has 2 aliphatic rings. The molecule has 3 rings (SSSR count). The van der Waals surface area contributed by atoms with Gasteiger partial charge in [0.25, 0.3) is 0 Å². The predicted octanol–water partition coefficient (Wildman–Crippen LogP) is 2.44. The third-order valence-corrected chi connectivity index (χ3v) is 5.25. The zero-order chi connectivity index (χ0) is 14.8. The van der Waals surface area contributed by atoms with Gasteiger partial charge in [0, 0.05) is 23.0 Å². The Balaban J connectivity index is 1.87. The highest BCUT2D eigenvalue weighted by Gasteiger charge is 2.37. The quantitative estimate of drug-likeness (QED) is 0.801. The minimum absolute atomic E-state index is 0.152. The molecular formula is C16H22N2O2S. The van der Waals surface area contributed by atoms with Crippen molar-refractivity contribution in [3.05, 3.63) is 27.7 Å². The Morgan fingerprint density at radius 3 is 3.10 bits per heavy atom. The van der Waals surface area contributed by atoms with E-state index in [0.29, 0.717) is 18.6 Å². The second kappa shape index (κ2) is 6.28. The highest BCUT2D eigenvalue weighted by atomic mass is 32.1. The lowest BCUT2D eigenvalue weighted by Crippen LogP contribution is -2.49. The van der Waals surface area contributed by atoms with Gasteiger partial charge in [0.05, 0.1) is 17.8 Å². The van der Waals surface area contributed by atoms with Crippen LogP contribution in [0.25, 0.3) is 0 Å². The van der Waals surface area contributed by atoms with Crippen LogP contribution in [0.5, 0.6) is 0 Å². The molecule has 0 radical (unpaired) electrons. The molecule has 0 N–H and O–H groups in total. The van der Waals surface area contributed by atoms with Crippen molar-refractivity contribution < 1.29 is 9.53 Å². The predicted molar refractivity (Wildman–Crippen MR) is 83.4 cm³/mol. The van der Waals surface area contributed by atoms with E-state index in [1.54, 1.807) is 11.3 Å². The van der Waals surface area contributed by atoms with Crippen LogP contribution >= 0.6 is 11.3 Å². The van der Waals surface area contributed by atoms with Gasteiger partial charge in [0.2, 0.25) is 0 Å². The van der Waals surface area contributed by atoms with E-state index in [-0.39, 0.29) is 5.97 Å². The number of thiazole rings is 1. The molecule has 0 fully saturated rings. The molecule has 1 aromatic rings. The fraction of sp³-hybridized carbons (Fsp3) is 0.625. The summed E-state index contributed by atoms with van der Waals surface area (Å²) in [6.07, 6.45) is 5.27. The Morgan fingerprint density at radius 1 is 1.48 bits per heavy atom. The van der Waals surface area contributed by atoms with E-state index in [0.717, 1.165) is 37.9 Å². The average molecular weight is 306 g/mol. The molecule has 0 spiro atoms. The van der Waals surface area contributed by atoms with Crippen LogP contribution in [0.1, 0.15) is 30.8 Å². The third kappa shape index (κ3) is 2.90. The van der Waals surface area contributed by atoms with Crippen molar-refractivity contribution >= 4 is 17.3 Å². The maximum Gasteiger partial charge on any atom is 0.335 e. The lowest BCUT2D eigenvalue weighted by atomic mass is 9.81. The molecule has 4 nitrogen and oxygen atoms in total. The minimum atomic E-state index is -0.152. The first-order valence-electron chi connectivity index (χ1n) is 7.76. The number of aromatic nitrogens is 1. The van der Waals surface area contributed by atoms with E-state index < -0.39 is 0 Å². The Morgan fingerprint density at radius 2 is 2.33 bits per heavy atom. The van der Waals surface area contributed by atoms with Gasteiger partial charge in [-0.3, -0.25) is 4.90 Å². The number of fused-ring (bicyclic) bond motifs is 2. The highest BCUT2D eigenvalue weighted by molar-refractivity contribution is 7.09. The molecule has 114 valence electrons. The summed E-state index contributed by atoms with van der Waals surface area (Å²) >= 11 is 1.77. The van der Waals surface area contributed by atoms with Crippen molar-refractivity contribution in [3.63, 3.8) is 0 Å². The van der Waals surface area contributed by atoms with Crippen LogP contribution in [0.4, 0.5) is 0 Å². The molecule has 2 atom stereocenters. The van der Waals surface area contributed by atoms with Gasteiger partial charge < -0.3 is 4.74 Å². The molecule has 5 heteroatoms. The first-order valence-corrected chi connectivity index (χ1v) is 8.64. The molecule has 1 aliphatic carbocycles. The second-order valence-electron chi connectivity index (χ2n) is 5.74. The number of rotatable bonds is 4. The standard InChI is InChI=1S/C16H22N2O2S/c1-3-5-18-9-12(16(19)20-4-2)6-11-7-13-15(8-14(11)18)21-10-17-13/h6,10-11,14H,3-5,7-9H2,1-2H3. The van der Waals surface area contributed by atoms with Gasteiger partial charge in [-0.2, -0.15) is 0 Å². The van der Waals surface area contributed by atoms with E-state index >= 15 is 0 Å². The number of ether oxygens (including phenoxy) is 1. The second-order valence-corrected chi connectivity index (χ2v) is 6.68. The van der Waals surface area contributed by atoms with Gasteiger partial charge in [0.15, 0.2) is 0 Å².